The molecule has 0 saturated carbocycles. The standard InChI is InChI=1S/C23H29FN6.HI/c1-2-25-23(26-10-9-18-16-27-21-13-19(24)6-7-20(18)21)29-15-17-5-8-22(28-14-17)30-11-3-4-12-30;/h5-8,13-14,16,27H,2-4,9-12,15H2,1H3,(H2,25,26,29);1H. The van der Waals surface area contributed by atoms with Crippen LogP contribution in [0.15, 0.2) is 47.7 Å². The van der Waals surface area contributed by atoms with E-state index in [0.717, 1.165) is 66.4 Å². The van der Waals surface area contributed by atoms with Gasteiger partial charge in [-0.1, -0.05) is 6.07 Å². The SMILES string of the molecule is CCNC(=NCc1ccc(N2CCCC2)nc1)NCCc1c[nH]c2cc(F)ccc12.I. The van der Waals surface area contributed by atoms with Crippen LogP contribution in [0.2, 0.25) is 0 Å². The Hall–Kier alpha value is -2.36. The number of pyridine rings is 1. The number of benzene rings is 1. The molecular formula is C23H30FIN6. The third-order valence-corrected chi connectivity index (χ3v) is 5.42. The van der Waals surface area contributed by atoms with Crippen LogP contribution in [-0.2, 0) is 13.0 Å². The molecule has 0 amide bonds. The average Bonchev–Trinajstić information content (AvgIpc) is 3.43. The first kappa shape index (κ1) is 23.3. The van der Waals surface area contributed by atoms with Crippen LogP contribution in [0.4, 0.5) is 10.2 Å². The molecule has 3 aromatic rings. The predicted octanol–water partition coefficient (Wildman–Crippen LogP) is 4.22. The number of guanidine groups is 1. The molecule has 4 rings (SSSR count). The third-order valence-electron chi connectivity index (χ3n) is 5.42. The zero-order chi connectivity index (χ0) is 20.8. The molecule has 1 aliphatic heterocycles. The van der Waals surface area contributed by atoms with Crippen LogP contribution in [0.25, 0.3) is 10.9 Å². The van der Waals surface area contributed by atoms with E-state index in [4.69, 9.17) is 0 Å². The van der Waals surface area contributed by atoms with Crippen LogP contribution in [0.3, 0.4) is 0 Å². The number of aromatic amines is 1. The summed E-state index contributed by atoms with van der Waals surface area (Å²) < 4.78 is 13.4. The van der Waals surface area contributed by atoms with Crippen molar-refractivity contribution in [3.63, 3.8) is 0 Å². The molecule has 3 N–H and O–H groups in total. The van der Waals surface area contributed by atoms with Crippen LogP contribution >= 0.6 is 24.0 Å². The van der Waals surface area contributed by atoms with Crippen LogP contribution in [0.1, 0.15) is 30.9 Å². The second-order valence-corrected chi connectivity index (χ2v) is 7.59. The third kappa shape index (κ3) is 6.09. The first-order valence-electron chi connectivity index (χ1n) is 10.7. The number of halogens is 2. The highest BCUT2D eigenvalue weighted by molar-refractivity contribution is 14.0. The van der Waals surface area contributed by atoms with E-state index in [1.54, 1.807) is 0 Å². The number of hydrogen-bond acceptors (Lipinski definition) is 3. The summed E-state index contributed by atoms with van der Waals surface area (Å²) in [5.74, 6) is 1.62. The molecule has 1 fully saturated rings. The van der Waals surface area contributed by atoms with E-state index in [1.165, 1.54) is 25.0 Å². The molecule has 1 aliphatic rings. The number of anilines is 1. The molecule has 3 heterocycles. The molecule has 2 aromatic heterocycles. The fourth-order valence-corrected chi connectivity index (χ4v) is 3.84. The van der Waals surface area contributed by atoms with Crippen molar-refractivity contribution in [1.29, 1.82) is 0 Å². The molecule has 166 valence electrons. The van der Waals surface area contributed by atoms with Gasteiger partial charge < -0.3 is 20.5 Å². The van der Waals surface area contributed by atoms with Gasteiger partial charge in [-0.25, -0.2) is 14.4 Å². The molecule has 0 bridgehead atoms. The quantitative estimate of drug-likeness (QED) is 0.241. The molecule has 0 aliphatic carbocycles. The van der Waals surface area contributed by atoms with Gasteiger partial charge in [0.05, 0.1) is 6.54 Å². The van der Waals surface area contributed by atoms with E-state index in [0.29, 0.717) is 6.54 Å². The second-order valence-electron chi connectivity index (χ2n) is 7.59. The Labute approximate surface area is 199 Å². The number of hydrogen-bond donors (Lipinski definition) is 3. The van der Waals surface area contributed by atoms with Crippen molar-refractivity contribution >= 4 is 46.7 Å². The van der Waals surface area contributed by atoms with Crippen molar-refractivity contribution in [2.75, 3.05) is 31.1 Å². The summed E-state index contributed by atoms with van der Waals surface area (Å²) in [5.41, 5.74) is 3.08. The highest BCUT2D eigenvalue weighted by atomic mass is 127. The molecule has 0 radical (unpaired) electrons. The largest absolute Gasteiger partial charge is 0.361 e. The Morgan fingerprint density at radius 2 is 2.03 bits per heavy atom. The molecule has 0 atom stereocenters. The Morgan fingerprint density at radius 1 is 1.19 bits per heavy atom. The zero-order valence-electron chi connectivity index (χ0n) is 17.8. The minimum Gasteiger partial charge on any atom is -0.361 e. The van der Waals surface area contributed by atoms with E-state index < -0.39 is 0 Å². The first-order valence-corrected chi connectivity index (χ1v) is 10.7. The van der Waals surface area contributed by atoms with Gasteiger partial charge in [-0.2, -0.15) is 0 Å². The van der Waals surface area contributed by atoms with Gasteiger partial charge in [0.2, 0.25) is 0 Å². The molecule has 6 nitrogen and oxygen atoms in total. The van der Waals surface area contributed by atoms with Crippen LogP contribution in [-0.4, -0.2) is 42.1 Å². The minimum absolute atomic E-state index is 0. The van der Waals surface area contributed by atoms with Crippen molar-refractivity contribution in [2.45, 2.75) is 32.7 Å². The smallest absolute Gasteiger partial charge is 0.191 e. The summed E-state index contributed by atoms with van der Waals surface area (Å²) in [6.07, 6.45) is 7.19. The Morgan fingerprint density at radius 3 is 2.77 bits per heavy atom. The number of H-pyrrole nitrogens is 1. The monoisotopic (exact) mass is 536 g/mol. The Balaban J connectivity index is 0.00000272. The van der Waals surface area contributed by atoms with E-state index >= 15 is 0 Å². The zero-order valence-corrected chi connectivity index (χ0v) is 20.2. The van der Waals surface area contributed by atoms with Gasteiger partial charge in [0, 0.05) is 49.5 Å². The van der Waals surface area contributed by atoms with E-state index in [-0.39, 0.29) is 29.8 Å². The second kappa shape index (κ2) is 11.3. The molecular weight excluding hydrogens is 506 g/mol. The summed E-state index contributed by atoms with van der Waals surface area (Å²) in [6, 6.07) is 9.06. The van der Waals surface area contributed by atoms with Crippen molar-refractivity contribution in [2.24, 2.45) is 4.99 Å². The normalized spacial score (nSPS) is 14.0. The molecule has 1 aromatic carbocycles. The lowest BCUT2D eigenvalue weighted by Gasteiger charge is -2.16. The topological polar surface area (TPSA) is 68.3 Å². The number of nitrogens with zero attached hydrogens (tertiary/aromatic N) is 3. The van der Waals surface area contributed by atoms with E-state index in [2.05, 4.69) is 49.6 Å². The Kier molecular flexibility index (Phi) is 8.51. The van der Waals surface area contributed by atoms with Gasteiger partial charge in [0.1, 0.15) is 11.6 Å². The number of nitrogens with one attached hydrogen (secondary N) is 3. The summed E-state index contributed by atoms with van der Waals surface area (Å²) in [6.45, 7) is 6.37. The fourth-order valence-electron chi connectivity index (χ4n) is 3.84. The predicted molar refractivity (Wildman–Crippen MR) is 136 cm³/mol. The first-order chi connectivity index (χ1) is 14.7. The number of aromatic nitrogens is 2. The number of fused-ring (bicyclic) bond motifs is 1. The number of rotatable bonds is 7. The fraction of sp³-hybridized carbons (Fsp3) is 0.391. The van der Waals surface area contributed by atoms with Gasteiger partial charge in [-0.05, 0) is 61.6 Å². The van der Waals surface area contributed by atoms with Crippen LogP contribution in [0.5, 0.6) is 0 Å². The highest BCUT2D eigenvalue weighted by Gasteiger charge is 2.13. The summed E-state index contributed by atoms with van der Waals surface area (Å²) in [5, 5.41) is 7.73. The Bertz CT molecular complexity index is 995. The highest BCUT2D eigenvalue weighted by Crippen LogP contribution is 2.19. The van der Waals surface area contributed by atoms with E-state index in [9.17, 15) is 4.39 Å². The maximum absolute atomic E-state index is 13.4. The lowest BCUT2D eigenvalue weighted by Crippen LogP contribution is -2.38. The van der Waals surface area contributed by atoms with Gasteiger partial charge in [0.15, 0.2) is 5.96 Å². The van der Waals surface area contributed by atoms with Gasteiger partial charge in [-0.15, -0.1) is 24.0 Å². The van der Waals surface area contributed by atoms with Crippen molar-refractivity contribution in [1.82, 2.24) is 20.6 Å². The van der Waals surface area contributed by atoms with E-state index in [1.807, 2.05) is 18.5 Å². The van der Waals surface area contributed by atoms with Crippen LogP contribution in [0, 0.1) is 5.82 Å². The van der Waals surface area contributed by atoms with Crippen LogP contribution < -0.4 is 15.5 Å². The van der Waals surface area contributed by atoms with Gasteiger partial charge in [-0.3, -0.25) is 0 Å². The van der Waals surface area contributed by atoms with Crippen molar-refractivity contribution < 1.29 is 4.39 Å². The minimum atomic E-state index is -0.224. The van der Waals surface area contributed by atoms with Crippen molar-refractivity contribution in [3.8, 4) is 0 Å². The lowest BCUT2D eigenvalue weighted by molar-refractivity contribution is 0.629. The van der Waals surface area contributed by atoms with Gasteiger partial charge in [0.25, 0.3) is 0 Å². The maximum Gasteiger partial charge on any atom is 0.191 e. The molecule has 0 unspecified atom stereocenters. The lowest BCUT2D eigenvalue weighted by atomic mass is 10.1. The number of aliphatic imine (C=N–C) groups is 1. The summed E-state index contributed by atoms with van der Waals surface area (Å²) in [4.78, 5) is 14.8. The van der Waals surface area contributed by atoms with Crippen molar-refractivity contribution in [3.05, 3.63) is 59.7 Å². The molecule has 0 spiro atoms. The summed E-state index contributed by atoms with van der Waals surface area (Å²) in [7, 11) is 0. The molecule has 1 saturated heterocycles. The maximum atomic E-state index is 13.4. The molecule has 31 heavy (non-hydrogen) atoms. The summed E-state index contributed by atoms with van der Waals surface area (Å²) >= 11 is 0. The average molecular weight is 536 g/mol. The van der Waals surface area contributed by atoms with Gasteiger partial charge >= 0.3 is 0 Å². The molecule has 8 heteroatoms.